The van der Waals surface area contributed by atoms with E-state index in [0.717, 1.165) is 24.4 Å². The Morgan fingerprint density at radius 2 is 2.30 bits per heavy atom. The number of fused-ring (bicyclic) bond motifs is 1. The molecule has 1 fully saturated rings. The molecule has 0 saturated carbocycles. The van der Waals surface area contributed by atoms with Crippen molar-refractivity contribution in [2.45, 2.75) is 38.8 Å². The van der Waals surface area contributed by atoms with Gasteiger partial charge in [0.2, 0.25) is 0 Å². The van der Waals surface area contributed by atoms with Crippen LogP contribution in [0.4, 0.5) is 0 Å². The number of aromatic amines is 1. The van der Waals surface area contributed by atoms with Crippen LogP contribution in [0.2, 0.25) is 0 Å². The van der Waals surface area contributed by atoms with Crippen LogP contribution in [0.25, 0.3) is 5.65 Å². The van der Waals surface area contributed by atoms with Gasteiger partial charge in [-0.3, -0.25) is 14.8 Å². The molecule has 0 unspecified atom stereocenters. The van der Waals surface area contributed by atoms with E-state index in [2.05, 4.69) is 20.0 Å². The van der Waals surface area contributed by atoms with E-state index in [1.54, 1.807) is 17.4 Å². The zero-order chi connectivity index (χ0) is 15.8. The van der Waals surface area contributed by atoms with Crippen molar-refractivity contribution >= 4 is 17.0 Å². The lowest BCUT2D eigenvalue weighted by Gasteiger charge is -2.34. The summed E-state index contributed by atoms with van der Waals surface area (Å²) < 4.78 is 1.49. The van der Waals surface area contributed by atoms with E-state index in [0.29, 0.717) is 18.2 Å². The highest BCUT2D eigenvalue weighted by molar-refractivity contribution is 7.09. The fourth-order valence-electron chi connectivity index (χ4n) is 3.31. The molecule has 1 N–H and O–H groups in total. The second kappa shape index (κ2) is 5.90. The van der Waals surface area contributed by atoms with E-state index in [4.69, 9.17) is 0 Å². The highest BCUT2D eigenvalue weighted by Gasteiger charge is 2.26. The number of piperidine rings is 1. The number of nitrogens with one attached hydrogen (secondary N) is 1. The molecule has 0 radical (unpaired) electrons. The molecule has 3 aromatic rings. The van der Waals surface area contributed by atoms with Crippen LogP contribution >= 0.6 is 11.3 Å². The summed E-state index contributed by atoms with van der Waals surface area (Å²) in [6, 6.07) is 3.88. The number of thiazole rings is 1. The Morgan fingerprint density at radius 3 is 3.13 bits per heavy atom. The fourth-order valence-corrected chi connectivity index (χ4v) is 4.12. The van der Waals surface area contributed by atoms with Crippen molar-refractivity contribution < 1.29 is 0 Å². The Kier molecular flexibility index (Phi) is 3.74. The lowest BCUT2D eigenvalue weighted by atomic mass is 10.0. The molecule has 120 valence electrons. The summed E-state index contributed by atoms with van der Waals surface area (Å²) in [6.07, 6.45) is 5.41. The fraction of sp³-hybridized carbons (Fsp3) is 0.438. The molecule has 0 bridgehead atoms. The summed E-state index contributed by atoms with van der Waals surface area (Å²) in [5.41, 5.74) is 2.40. The molecule has 1 atom stereocenters. The normalized spacial score (nSPS) is 19.4. The van der Waals surface area contributed by atoms with E-state index in [9.17, 15) is 4.79 Å². The lowest BCUT2D eigenvalue weighted by Crippen LogP contribution is -2.33. The van der Waals surface area contributed by atoms with E-state index >= 15 is 0 Å². The molecule has 7 heteroatoms. The molecule has 1 aliphatic heterocycles. The molecule has 4 rings (SSSR count). The van der Waals surface area contributed by atoms with Crippen molar-refractivity contribution in [3.63, 3.8) is 0 Å². The van der Waals surface area contributed by atoms with E-state index in [-0.39, 0.29) is 5.56 Å². The number of aromatic nitrogens is 4. The number of likely N-dealkylation sites (tertiary alicyclic amines) is 1. The van der Waals surface area contributed by atoms with Crippen molar-refractivity contribution in [1.82, 2.24) is 24.5 Å². The summed E-state index contributed by atoms with van der Waals surface area (Å²) in [6.45, 7) is 3.65. The lowest BCUT2D eigenvalue weighted by molar-refractivity contribution is 0.138. The van der Waals surface area contributed by atoms with Crippen LogP contribution in [-0.2, 0) is 6.54 Å². The number of hydrogen-bond donors (Lipinski definition) is 1. The average molecular weight is 329 g/mol. The first-order chi connectivity index (χ1) is 11.2. The molecular weight excluding hydrogens is 310 g/mol. The van der Waals surface area contributed by atoms with Crippen LogP contribution in [0.3, 0.4) is 0 Å². The van der Waals surface area contributed by atoms with Crippen LogP contribution in [0.15, 0.2) is 28.5 Å². The Labute approximate surface area is 137 Å². The average Bonchev–Trinajstić information content (AvgIpc) is 3.17. The van der Waals surface area contributed by atoms with Gasteiger partial charge in [0, 0.05) is 35.9 Å². The number of rotatable bonds is 3. The molecule has 0 amide bonds. The highest BCUT2D eigenvalue weighted by Crippen LogP contribution is 2.32. The number of hydrogen-bond acceptors (Lipinski definition) is 5. The van der Waals surface area contributed by atoms with Gasteiger partial charge in [0.15, 0.2) is 5.65 Å². The predicted molar refractivity (Wildman–Crippen MR) is 89.7 cm³/mol. The summed E-state index contributed by atoms with van der Waals surface area (Å²) >= 11 is 1.71. The van der Waals surface area contributed by atoms with Gasteiger partial charge >= 0.3 is 0 Å². The predicted octanol–water partition coefficient (Wildman–Crippen LogP) is 2.51. The minimum absolute atomic E-state index is 0.0547. The molecule has 0 aliphatic carbocycles. The van der Waals surface area contributed by atoms with E-state index in [1.165, 1.54) is 22.4 Å². The second-order valence-corrected chi connectivity index (χ2v) is 7.00. The minimum Gasteiger partial charge on any atom is -0.294 e. The Morgan fingerprint density at radius 1 is 1.39 bits per heavy atom. The van der Waals surface area contributed by atoms with Crippen molar-refractivity contribution in [3.05, 3.63) is 50.5 Å². The van der Waals surface area contributed by atoms with Gasteiger partial charge < -0.3 is 0 Å². The molecule has 1 aliphatic rings. The van der Waals surface area contributed by atoms with Gasteiger partial charge in [-0.05, 0) is 26.3 Å². The Balaban J connectivity index is 1.64. The topological polar surface area (TPSA) is 66.3 Å². The maximum atomic E-state index is 12.2. The molecular formula is C16H19N5OS. The van der Waals surface area contributed by atoms with Crippen LogP contribution in [0.1, 0.15) is 41.7 Å². The standard InChI is InChI=1S/C16H19N5OS/c1-11-8-14-18-12(9-15(22)21(14)19-11)10-20-6-3-2-4-13(20)16-17-5-7-23-16/h5,7-9,13,19H,2-4,6,10H2,1H3/t13-/m0/s1. The number of nitrogens with zero attached hydrogens (tertiary/aromatic N) is 4. The first kappa shape index (κ1) is 14.6. The Bertz CT molecular complexity index is 866. The number of aryl methyl sites for hydroxylation is 1. The molecule has 23 heavy (non-hydrogen) atoms. The third-order valence-electron chi connectivity index (χ3n) is 4.35. The summed E-state index contributed by atoms with van der Waals surface area (Å²) in [7, 11) is 0. The van der Waals surface area contributed by atoms with Gasteiger partial charge in [-0.15, -0.1) is 11.3 Å². The maximum absolute atomic E-state index is 12.2. The summed E-state index contributed by atoms with van der Waals surface area (Å²) in [4.78, 5) is 23.8. The zero-order valence-corrected chi connectivity index (χ0v) is 13.8. The first-order valence-electron chi connectivity index (χ1n) is 7.92. The molecule has 0 spiro atoms. The van der Waals surface area contributed by atoms with Crippen LogP contribution in [-0.4, -0.2) is 31.0 Å². The summed E-state index contributed by atoms with van der Waals surface area (Å²) in [5, 5.41) is 6.20. The van der Waals surface area contributed by atoms with Crippen LogP contribution in [0.5, 0.6) is 0 Å². The molecule has 6 nitrogen and oxygen atoms in total. The van der Waals surface area contributed by atoms with Crippen LogP contribution in [0, 0.1) is 6.92 Å². The monoisotopic (exact) mass is 329 g/mol. The maximum Gasteiger partial charge on any atom is 0.272 e. The second-order valence-electron chi connectivity index (χ2n) is 6.07. The van der Waals surface area contributed by atoms with Crippen molar-refractivity contribution in [2.75, 3.05) is 6.54 Å². The van der Waals surface area contributed by atoms with Gasteiger partial charge in [0.1, 0.15) is 5.01 Å². The zero-order valence-electron chi connectivity index (χ0n) is 13.0. The first-order valence-corrected chi connectivity index (χ1v) is 8.80. The largest absolute Gasteiger partial charge is 0.294 e. The van der Waals surface area contributed by atoms with Crippen LogP contribution < -0.4 is 5.56 Å². The molecule has 1 saturated heterocycles. The van der Waals surface area contributed by atoms with Crippen molar-refractivity contribution in [2.24, 2.45) is 0 Å². The molecule has 0 aromatic carbocycles. The quantitative estimate of drug-likeness (QED) is 0.802. The summed E-state index contributed by atoms with van der Waals surface area (Å²) in [5.74, 6) is 0. The van der Waals surface area contributed by atoms with Gasteiger partial charge in [-0.2, -0.15) is 0 Å². The SMILES string of the molecule is Cc1cc2nc(CN3CCCC[C@H]3c3nccs3)cc(=O)n2[nH]1. The van der Waals surface area contributed by atoms with Gasteiger partial charge in [-0.25, -0.2) is 14.5 Å². The Hall–Kier alpha value is -1.99. The van der Waals surface area contributed by atoms with Crippen molar-refractivity contribution in [1.29, 1.82) is 0 Å². The molecule has 4 heterocycles. The van der Waals surface area contributed by atoms with Crippen molar-refractivity contribution in [3.8, 4) is 0 Å². The van der Waals surface area contributed by atoms with Gasteiger partial charge in [-0.1, -0.05) is 6.42 Å². The van der Waals surface area contributed by atoms with Gasteiger partial charge in [0.05, 0.1) is 11.7 Å². The number of H-pyrrole nitrogens is 1. The molecule has 3 aromatic heterocycles. The smallest absolute Gasteiger partial charge is 0.272 e. The van der Waals surface area contributed by atoms with E-state index in [1.807, 2.05) is 24.6 Å². The van der Waals surface area contributed by atoms with Gasteiger partial charge in [0.25, 0.3) is 5.56 Å². The third kappa shape index (κ3) is 2.82. The van der Waals surface area contributed by atoms with E-state index < -0.39 is 0 Å². The third-order valence-corrected chi connectivity index (χ3v) is 5.22. The highest BCUT2D eigenvalue weighted by atomic mass is 32.1. The minimum atomic E-state index is -0.0547.